The van der Waals surface area contributed by atoms with Crippen LogP contribution in [0, 0.1) is 13.8 Å². The third-order valence-corrected chi connectivity index (χ3v) is 1.95. The molecule has 1 rings (SSSR count). The van der Waals surface area contributed by atoms with Gasteiger partial charge < -0.3 is 10.4 Å². The molecule has 0 aliphatic rings. The molecule has 0 heterocycles. The lowest BCUT2D eigenvalue weighted by Gasteiger charge is -2.11. The minimum absolute atomic E-state index is 0.236. The molecule has 88 valence electrons. The number of rotatable bonds is 1. The third kappa shape index (κ3) is 2.65. The highest BCUT2D eigenvalue weighted by molar-refractivity contribution is 5.96. The second-order valence-corrected chi connectivity index (χ2v) is 3.43. The molecule has 0 unspecified atom stereocenters. The summed E-state index contributed by atoms with van der Waals surface area (Å²) in [4.78, 5) is 10.7. The Bertz CT molecular complexity index is 427. The SMILES string of the molecule is Cc1cc(C)c(O)c(NC(=O)C(F)(F)F)c1. The van der Waals surface area contributed by atoms with Crippen LogP contribution in [0.3, 0.4) is 0 Å². The number of nitrogens with one attached hydrogen (secondary N) is 1. The highest BCUT2D eigenvalue weighted by Crippen LogP contribution is 2.30. The first-order chi connectivity index (χ1) is 7.21. The van der Waals surface area contributed by atoms with E-state index in [0.717, 1.165) is 0 Å². The Morgan fingerprint density at radius 1 is 1.31 bits per heavy atom. The number of aryl methyl sites for hydroxylation is 2. The van der Waals surface area contributed by atoms with Gasteiger partial charge in [0, 0.05) is 0 Å². The van der Waals surface area contributed by atoms with Crippen molar-refractivity contribution >= 4 is 11.6 Å². The van der Waals surface area contributed by atoms with Crippen molar-refractivity contribution in [1.82, 2.24) is 0 Å². The minimum Gasteiger partial charge on any atom is -0.505 e. The Morgan fingerprint density at radius 2 is 1.88 bits per heavy atom. The molecule has 1 aromatic rings. The van der Waals surface area contributed by atoms with Gasteiger partial charge in [0.15, 0.2) is 0 Å². The van der Waals surface area contributed by atoms with E-state index in [9.17, 15) is 23.1 Å². The number of halogens is 3. The van der Waals surface area contributed by atoms with Gasteiger partial charge >= 0.3 is 12.1 Å². The van der Waals surface area contributed by atoms with Crippen molar-refractivity contribution in [2.24, 2.45) is 0 Å². The van der Waals surface area contributed by atoms with E-state index in [4.69, 9.17) is 0 Å². The molecule has 0 atom stereocenters. The fourth-order valence-corrected chi connectivity index (χ4v) is 1.25. The average molecular weight is 233 g/mol. The molecule has 1 aromatic carbocycles. The maximum atomic E-state index is 12.0. The number of alkyl halides is 3. The fourth-order valence-electron chi connectivity index (χ4n) is 1.25. The Morgan fingerprint density at radius 3 is 2.38 bits per heavy atom. The summed E-state index contributed by atoms with van der Waals surface area (Å²) in [6, 6.07) is 2.87. The molecule has 6 heteroatoms. The number of hydrogen-bond acceptors (Lipinski definition) is 2. The van der Waals surface area contributed by atoms with E-state index in [0.29, 0.717) is 11.1 Å². The lowest BCUT2D eigenvalue weighted by molar-refractivity contribution is -0.167. The van der Waals surface area contributed by atoms with Crippen molar-refractivity contribution in [2.75, 3.05) is 5.32 Å². The molecule has 0 radical (unpaired) electrons. The van der Waals surface area contributed by atoms with E-state index >= 15 is 0 Å². The van der Waals surface area contributed by atoms with E-state index in [1.165, 1.54) is 13.0 Å². The summed E-state index contributed by atoms with van der Waals surface area (Å²) >= 11 is 0. The number of phenols is 1. The zero-order valence-corrected chi connectivity index (χ0v) is 8.64. The molecule has 0 saturated heterocycles. The summed E-state index contributed by atoms with van der Waals surface area (Å²) in [5, 5.41) is 11.1. The van der Waals surface area contributed by atoms with Crippen LogP contribution in [-0.4, -0.2) is 17.2 Å². The van der Waals surface area contributed by atoms with Crippen molar-refractivity contribution in [3.8, 4) is 5.75 Å². The van der Waals surface area contributed by atoms with Gasteiger partial charge in [-0.15, -0.1) is 0 Å². The third-order valence-electron chi connectivity index (χ3n) is 1.95. The topological polar surface area (TPSA) is 49.3 Å². The van der Waals surface area contributed by atoms with Crippen molar-refractivity contribution < 1.29 is 23.1 Å². The van der Waals surface area contributed by atoms with Crippen LogP contribution in [0.2, 0.25) is 0 Å². The molecule has 0 saturated carbocycles. The molecule has 0 aliphatic heterocycles. The van der Waals surface area contributed by atoms with Gasteiger partial charge in [-0.3, -0.25) is 4.79 Å². The Balaban J connectivity index is 3.03. The number of phenolic OH excluding ortho intramolecular Hbond substituents is 1. The van der Waals surface area contributed by atoms with Gasteiger partial charge in [-0.2, -0.15) is 13.2 Å². The molecule has 0 aliphatic carbocycles. The summed E-state index contributed by atoms with van der Waals surface area (Å²) in [6.45, 7) is 3.18. The van der Waals surface area contributed by atoms with Gasteiger partial charge in [-0.05, 0) is 31.0 Å². The molecule has 1 amide bonds. The molecular weight excluding hydrogens is 223 g/mol. The van der Waals surface area contributed by atoms with Crippen molar-refractivity contribution in [3.05, 3.63) is 23.3 Å². The normalized spacial score (nSPS) is 11.3. The summed E-state index contributed by atoms with van der Waals surface area (Å²) in [5.41, 5.74) is 0.810. The summed E-state index contributed by atoms with van der Waals surface area (Å²) in [6.07, 6.45) is -4.97. The molecule has 3 nitrogen and oxygen atoms in total. The number of anilines is 1. The number of amides is 1. The van der Waals surface area contributed by atoms with Crippen LogP contribution in [0.1, 0.15) is 11.1 Å². The van der Waals surface area contributed by atoms with E-state index in [1.54, 1.807) is 18.3 Å². The van der Waals surface area contributed by atoms with Crippen molar-refractivity contribution in [3.63, 3.8) is 0 Å². The first kappa shape index (κ1) is 12.4. The van der Waals surface area contributed by atoms with E-state index in [-0.39, 0.29) is 11.4 Å². The molecular formula is C10H10F3NO2. The van der Waals surface area contributed by atoms with E-state index in [2.05, 4.69) is 0 Å². The maximum absolute atomic E-state index is 12.0. The van der Waals surface area contributed by atoms with Crippen LogP contribution in [0.4, 0.5) is 18.9 Å². The summed E-state index contributed by atoms with van der Waals surface area (Å²) in [7, 11) is 0. The van der Waals surface area contributed by atoms with Crippen LogP contribution in [0.5, 0.6) is 5.75 Å². The molecule has 0 spiro atoms. The predicted molar refractivity (Wildman–Crippen MR) is 52.3 cm³/mol. The van der Waals surface area contributed by atoms with Crippen LogP contribution >= 0.6 is 0 Å². The monoisotopic (exact) mass is 233 g/mol. The van der Waals surface area contributed by atoms with Gasteiger partial charge in [-0.25, -0.2) is 0 Å². The Kier molecular flexibility index (Phi) is 3.11. The van der Waals surface area contributed by atoms with Crippen LogP contribution < -0.4 is 5.32 Å². The Hall–Kier alpha value is -1.72. The standard InChI is InChI=1S/C10H10F3NO2/c1-5-3-6(2)8(15)7(4-5)14-9(16)10(11,12)13/h3-4,15H,1-2H3,(H,14,16). The second-order valence-electron chi connectivity index (χ2n) is 3.43. The van der Waals surface area contributed by atoms with Gasteiger partial charge in [-0.1, -0.05) is 6.07 Å². The van der Waals surface area contributed by atoms with Crippen molar-refractivity contribution in [2.45, 2.75) is 20.0 Å². The van der Waals surface area contributed by atoms with Crippen LogP contribution in [0.15, 0.2) is 12.1 Å². The zero-order valence-electron chi connectivity index (χ0n) is 8.64. The highest BCUT2D eigenvalue weighted by Gasteiger charge is 2.39. The van der Waals surface area contributed by atoms with Gasteiger partial charge in [0.1, 0.15) is 5.75 Å². The molecule has 0 bridgehead atoms. The maximum Gasteiger partial charge on any atom is 0.471 e. The molecule has 0 fully saturated rings. The van der Waals surface area contributed by atoms with Crippen LogP contribution in [-0.2, 0) is 4.79 Å². The van der Waals surface area contributed by atoms with Gasteiger partial charge in [0.2, 0.25) is 0 Å². The first-order valence-corrected chi connectivity index (χ1v) is 4.40. The second kappa shape index (κ2) is 4.03. The number of benzene rings is 1. The molecule has 16 heavy (non-hydrogen) atoms. The molecule has 2 N–H and O–H groups in total. The number of carbonyl (C=O) groups is 1. The van der Waals surface area contributed by atoms with E-state index in [1.807, 2.05) is 0 Å². The van der Waals surface area contributed by atoms with Crippen molar-refractivity contribution in [1.29, 1.82) is 0 Å². The largest absolute Gasteiger partial charge is 0.505 e. The fraction of sp³-hybridized carbons (Fsp3) is 0.300. The summed E-state index contributed by atoms with van der Waals surface area (Å²) in [5.74, 6) is -2.46. The Labute approximate surface area is 89.9 Å². The first-order valence-electron chi connectivity index (χ1n) is 4.40. The molecule has 0 aromatic heterocycles. The minimum atomic E-state index is -4.97. The quantitative estimate of drug-likeness (QED) is 0.732. The average Bonchev–Trinajstić information content (AvgIpc) is 2.11. The smallest absolute Gasteiger partial charge is 0.471 e. The van der Waals surface area contributed by atoms with Gasteiger partial charge in [0.05, 0.1) is 5.69 Å². The predicted octanol–water partition coefficient (Wildman–Crippen LogP) is 2.51. The van der Waals surface area contributed by atoms with E-state index < -0.39 is 12.1 Å². The van der Waals surface area contributed by atoms with Gasteiger partial charge in [0.25, 0.3) is 0 Å². The van der Waals surface area contributed by atoms with Crippen LogP contribution in [0.25, 0.3) is 0 Å². The number of hydrogen-bond donors (Lipinski definition) is 2. The lowest BCUT2D eigenvalue weighted by atomic mass is 10.1. The lowest BCUT2D eigenvalue weighted by Crippen LogP contribution is -2.30. The number of aromatic hydroxyl groups is 1. The zero-order chi connectivity index (χ0) is 12.5. The highest BCUT2D eigenvalue weighted by atomic mass is 19.4. The summed E-state index contributed by atoms with van der Waals surface area (Å²) < 4.78 is 35.9. The number of carbonyl (C=O) groups excluding carboxylic acids is 1.